The Bertz CT molecular complexity index is 542. The Balaban J connectivity index is 2.11. The largest absolute Gasteiger partial charge is 0.409 e. The van der Waals surface area contributed by atoms with Crippen molar-refractivity contribution >= 4 is 12.2 Å². The van der Waals surface area contributed by atoms with E-state index in [1.807, 2.05) is 18.2 Å². The van der Waals surface area contributed by atoms with Crippen molar-refractivity contribution in [3.8, 4) is 16.9 Å². The highest BCUT2D eigenvalue weighted by Gasteiger charge is 2.15. The van der Waals surface area contributed by atoms with Crippen LogP contribution in [-0.2, 0) is 6.54 Å². The summed E-state index contributed by atoms with van der Waals surface area (Å²) in [6, 6.07) is 12.4. The molecule has 17 heavy (non-hydrogen) atoms. The standard InChI is InChI=1S/C13H10FNOS/c14-11-6-4-9(5-7-11)12-3-1-2-10-8-15-17-16-13(10)12/h1-7,15H,8H2. The number of halogens is 1. The maximum Gasteiger partial charge on any atom is 0.151 e. The Hall–Kier alpha value is -1.52. The molecule has 0 saturated heterocycles. The fraction of sp³-hybridized carbons (Fsp3) is 0.0769. The van der Waals surface area contributed by atoms with E-state index >= 15 is 0 Å². The van der Waals surface area contributed by atoms with Gasteiger partial charge in [0, 0.05) is 17.7 Å². The first kappa shape index (κ1) is 10.6. The summed E-state index contributed by atoms with van der Waals surface area (Å²) in [5.41, 5.74) is 3.08. The van der Waals surface area contributed by atoms with Crippen LogP contribution in [0.1, 0.15) is 5.56 Å². The molecular weight excluding hydrogens is 237 g/mol. The van der Waals surface area contributed by atoms with Gasteiger partial charge in [-0.1, -0.05) is 30.3 Å². The van der Waals surface area contributed by atoms with E-state index in [-0.39, 0.29) is 5.82 Å². The molecule has 0 radical (unpaired) electrons. The van der Waals surface area contributed by atoms with E-state index in [1.165, 1.54) is 24.4 Å². The Labute approximate surface area is 103 Å². The molecule has 2 aromatic rings. The number of fused-ring (bicyclic) bond motifs is 1. The summed E-state index contributed by atoms with van der Waals surface area (Å²) in [4.78, 5) is 0. The molecule has 0 atom stereocenters. The van der Waals surface area contributed by atoms with E-state index in [0.29, 0.717) is 0 Å². The number of rotatable bonds is 1. The maximum absolute atomic E-state index is 12.9. The highest BCUT2D eigenvalue weighted by molar-refractivity contribution is 7.93. The van der Waals surface area contributed by atoms with Gasteiger partial charge in [0.25, 0.3) is 0 Å². The molecule has 0 bridgehead atoms. The highest BCUT2D eigenvalue weighted by atomic mass is 32.2. The molecule has 0 fully saturated rings. The predicted molar refractivity (Wildman–Crippen MR) is 66.9 cm³/mol. The van der Waals surface area contributed by atoms with Crippen molar-refractivity contribution < 1.29 is 8.57 Å². The summed E-state index contributed by atoms with van der Waals surface area (Å²) in [5, 5.41) is 0. The molecule has 1 heterocycles. The zero-order valence-electron chi connectivity index (χ0n) is 8.94. The van der Waals surface area contributed by atoms with Gasteiger partial charge in [-0.15, -0.1) is 0 Å². The van der Waals surface area contributed by atoms with E-state index in [4.69, 9.17) is 4.18 Å². The van der Waals surface area contributed by atoms with Crippen molar-refractivity contribution in [1.29, 1.82) is 0 Å². The van der Waals surface area contributed by atoms with Gasteiger partial charge in [0.05, 0.1) is 0 Å². The SMILES string of the molecule is Fc1ccc(-c2cccc3c2OSNC3)cc1. The lowest BCUT2D eigenvalue weighted by atomic mass is 10.0. The van der Waals surface area contributed by atoms with Crippen LogP contribution in [0.25, 0.3) is 11.1 Å². The van der Waals surface area contributed by atoms with Gasteiger partial charge in [0.2, 0.25) is 0 Å². The van der Waals surface area contributed by atoms with Gasteiger partial charge < -0.3 is 4.18 Å². The quantitative estimate of drug-likeness (QED) is 0.615. The summed E-state index contributed by atoms with van der Waals surface area (Å²) < 4.78 is 21.5. The summed E-state index contributed by atoms with van der Waals surface area (Å²) in [6.07, 6.45) is 0. The third-order valence-electron chi connectivity index (χ3n) is 2.70. The van der Waals surface area contributed by atoms with Crippen molar-refractivity contribution in [3.05, 3.63) is 53.8 Å². The average Bonchev–Trinajstić information content (AvgIpc) is 2.39. The van der Waals surface area contributed by atoms with Crippen LogP contribution in [0.4, 0.5) is 4.39 Å². The smallest absolute Gasteiger partial charge is 0.151 e. The summed E-state index contributed by atoms with van der Waals surface area (Å²) in [7, 11) is 0. The van der Waals surface area contributed by atoms with E-state index in [0.717, 1.165) is 29.0 Å². The molecule has 0 amide bonds. The molecule has 0 saturated carbocycles. The predicted octanol–water partition coefficient (Wildman–Crippen LogP) is 3.54. The molecule has 1 N–H and O–H groups in total. The molecule has 3 rings (SSSR count). The fourth-order valence-electron chi connectivity index (χ4n) is 1.86. The van der Waals surface area contributed by atoms with Gasteiger partial charge in [0.15, 0.2) is 5.75 Å². The van der Waals surface area contributed by atoms with Crippen LogP contribution in [0.3, 0.4) is 0 Å². The van der Waals surface area contributed by atoms with Gasteiger partial charge in [-0.25, -0.2) is 9.11 Å². The van der Waals surface area contributed by atoms with Crippen LogP contribution >= 0.6 is 12.2 Å². The van der Waals surface area contributed by atoms with Gasteiger partial charge in [-0.2, -0.15) is 0 Å². The van der Waals surface area contributed by atoms with E-state index in [1.54, 1.807) is 12.1 Å². The lowest BCUT2D eigenvalue weighted by Crippen LogP contribution is -2.12. The number of hydrogen-bond donors (Lipinski definition) is 1. The van der Waals surface area contributed by atoms with Gasteiger partial charge in [0.1, 0.15) is 18.0 Å². The monoisotopic (exact) mass is 247 g/mol. The van der Waals surface area contributed by atoms with E-state index in [9.17, 15) is 4.39 Å². The molecule has 86 valence electrons. The highest BCUT2D eigenvalue weighted by Crippen LogP contribution is 2.37. The van der Waals surface area contributed by atoms with Crippen LogP contribution in [0.2, 0.25) is 0 Å². The summed E-state index contributed by atoms with van der Waals surface area (Å²) >= 11 is 1.23. The molecule has 0 aliphatic carbocycles. The lowest BCUT2D eigenvalue weighted by molar-refractivity contribution is 0.601. The van der Waals surface area contributed by atoms with Gasteiger partial charge in [-0.3, -0.25) is 0 Å². The van der Waals surface area contributed by atoms with Crippen LogP contribution in [-0.4, -0.2) is 0 Å². The Kier molecular flexibility index (Phi) is 2.74. The van der Waals surface area contributed by atoms with Gasteiger partial charge >= 0.3 is 0 Å². The van der Waals surface area contributed by atoms with E-state index in [2.05, 4.69) is 4.72 Å². The average molecular weight is 247 g/mol. The first-order valence-corrected chi connectivity index (χ1v) is 6.03. The molecule has 2 aromatic carbocycles. The molecule has 2 nitrogen and oxygen atoms in total. The Morgan fingerprint density at radius 1 is 1.12 bits per heavy atom. The maximum atomic E-state index is 12.9. The molecule has 1 aliphatic heterocycles. The second-order valence-electron chi connectivity index (χ2n) is 3.79. The minimum Gasteiger partial charge on any atom is -0.409 e. The first-order chi connectivity index (χ1) is 8.34. The molecular formula is C13H10FNOS. The van der Waals surface area contributed by atoms with Gasteiger partial charge in [-0.05, 0) is 17.7 Å². The second kappa shape index (κ2) is 4.39. The normalized spacial score (nSPS) is 13.9. The zero-order chi connectivity index (χ0) is 11.7. The first-order valence-electron chi connectivity index (χ1n) is 5.29. The molecule has 0 spiro atoms. The molecule has 0 aromatic heterocycles. The number of para-hydroxylation sites is 1. The van der Waals surface area contributed by atoms with Crippen molar-refractivity contribution in [3.63, 3.8) is 0 Å². The fourth-order valence-corrected chi connectivity index (χ4v) is 2.41. The topological polar surface area (TPSA) is 21.3 Å². The summed E-state index contributed by atoms with van der Waals surface area (Å²) in [6.45, 7) is 0.773. The Morgan fingerprint density at radius 2 is 1.94 bits per heavy atom. The number of nitrogens with one attached hydrogen (secondary N) is 1. The third-order valence-corrected chi connectivity index (χ3v) is 3.21. The van der Waals surface area contributed by atoms with Crippen molar-refractivity contribution in [2.75, 3.05) is 0 Å². The molecule has 0 unspecified atom stereocenters. The summed E-state index contributed by atoms with van der Waals surface area (Å²) in [5.74, 6) is 0.637. The van der Waals surface area contributed by atoms with Crippen LogP contribution in [0.5, 0.6) is 5.75 Å². The van der Waals surface area contributed by atoms with Crippen LogP contribution in [0, 0.1) is 5.82 Å². The minimum atomic E-state index is -0.226. The lowest BCUT2D eigenvalue weighted by Gasteiger charge is -2.19. The van der Waals surface area contributed by atoms with E-state index < -0.39 is 0 Å². The zero-order valence-corrected chi connectivity index (χ0v) is 9.76. The molecule has 4 heteroatoms. The number of hydrogen-bond acceptors (Lipinski definition) is 3. The number of benzene rings is 2. The Morgan fingerprint density at radius 3 is 2.76 bits per heavy atom. The van der Waals surface area contributed by atoms with Crippen LogP contribution in [0.15, 0.2) is 42.5 Å². The van der Waals surface area contributed by atoms with Crippen molar-refractivity contribution in [2.45, 2.75) is 6.54 Å². The second-order valence-corrected chi connectivity index (χ2v) is 4.41. The minimum absolute atomic E-state index is 0.226. The third kappa shape index (κ3) is 2.01. The van der Waals surface area contributed by atoms with Crippen molar-refractivity contribution in [2.24, 2.45) is 0 Å². The molecule has 1 aliphatic rings. The van der Waals surface area contributed by atoms with Crippen molar-refractivity contribution in [1.82, 2.24) is 4.72 Å². The van der Waals surface area contributed by atoms with Crippen LogP contribution < -0.4 is 8.91 Å².